The molecule has 0 saturated carbocycles. The fourth-order valence-corrected chi connectivity index (χ4v) is 2.85. The van der Waals surface area contributed by atoms with Gasteiger partial charge in [0.25, 0.3) is 0 Å². The second-order valence-electron chi connectivity index (χ2n) is 7.08. The third kappa shape index (κ3) is 6.47. The van der Waals surface area contributed by atoms with Crippen molar-refractivity contribution in [1.29, 1.82) is 0 Å². The van der Waals surface area contributed by atoms with Crippen molar-refractivity contribution in [2.75, 3.05) is 13.1 Å². The number of rotatable bonds is 7. The molecule has 2 amide bonds. The summed E-state index contributed by atoms with van der Waals surface area (Å²) < 4.78 is 0. The summed E-state index contributed by atoms with van der Waals surface area (Å²) in [6.45, 7) is 8.46. The molecule has 0 radical (unpaired) electrons. The van der Waals surface area contributed by atoms with E-state index in [1.54, 1.807) is 18.7 Å². The normalized spacial score (nSPS) is 18.9. The van der Waals surface area contributed by atoms with Crippen molar-refractivity contribution in [2.24, 2.45) is 23.5 Å². The van der Waals surface area contributed by atoms with E-state index < -0.39 is 18.1 Å². The Bertz CT molecular complexity index is 465. The van der Waals surface area contributed by atoms with Gasteiger partial charge in [0.15, 0.2) is 0 Å². The Morgan fingerprint density at radius 1 is 1.20 bits per heavy atom. The largest absolute Gasteiger partial charge is 0.480 e. The quantitative estimate of drug-likeness (QED) is 0.618. The number of hydrogen-bond donors (Lipinski definition) is 3. The first kappa shape index (κ1) is 23.7. The number of carboxylic acid groups (broad SMARTS) is 1. The van der Waals surface area contributed by atoms with Crippen LogP contribution >= 0.6 is 12.4 Å². The van der Waals surface area contributed by atoms with Crippen LogP contribution in [0, 0.1) is 17.8 Å². The van der Waals surface area contributed by atoms with Crippen molar-refractivity contribution in [3.63, 3.8) is 0 Å². The van der Waals surface area contributed by atoms with Gasteiger partial charge in [0.1, 0.15) is 6.04 Å². The van der Waals surface area contributed by atoms with E-state index in [4.69, 9.17) is 10.8 Å². The predicted octanol–water partition coefficient (Wildman–Crippen LogP) is 1.25. The molecule has 1 heterocycles. The zero-order valence-electron chi connectivity index (χ0n) is 15.5. The highest BCUT2D eigenvalue weighted by molar-refractivity contribution is 5.86. The molecule has 1 rings (SSSR count). The average Bonchev–Trinajstić information content (AvgIpc) is 2.56. The van der Waals surface area contributed by atoms with Crippen molar-refractivity contribution in [3.05, 3.63) is 0 Å². The average molecular weight is 378 g/mol. The first-order valence-corrected chi connectivity index (χ1v) is 8.76. The summed E-state index contributed by atoms with van der Waals surface area (Å²) in [6, 6.07) is -1.38. The van der Waals surface area contributed by atoms with Crippen molar-refractivity contribution in [3.8, 4) is 0 Å². The van der Waals surface area contributed by atoms with Crippen LogP contribution in [-0.2, 0) is 14.4 Å². The molecular weight excluding hydrogens is 346 g/mol. The summed E-state index contributed by atoms with van der Waals surface area (Å²) in [6.07, 6.45) is 1.92. The Hall–Kier alpha value is -1.34. The van der Waals surface area contributed by atoms with Crippen molar-refractivity contribution in [1.82, 2.24) is 10.2 Å². The molecule has 7 nitrogen and oxygen atoms in total. The number of piperidine rings is 1. The Balaban J connectivity index is 0.00000576. The van der Waals surface area contributed by atoms with Crippen molar-refractivity contribution < 1.29 is 19.5 Å². The van der Waals surface area contributed by atoms with E-state index in [1.807, 2.05) is 13.8 Å². The molecule has 0 bridgehead atoms. The lowest BCUT2D eigenvalue weighted by Crippen LogP contribution is -2.52. The van der Waals surface area contributed by atoms with Crippen LogP contribution in [0.4, 0.5) is 0 Å². The molecule has 0 spiro atoms. The Kier molecular flexibility index (Phi) is 10.0. The summed E-state index contributed by atoms with van der Waals surface area (Å²) in [5.41, 5.74) is 5.99. The van der Waals surface area contributed by atoms with Crippen LogP contribution in [-0.4, -0.2) is 53.0 Å². The van der Waals surface area contributed by atoms with Crippen LogP contribution in [0.1, 0.15) is 47.0 Å². The number of nitrogens with two attached hydrogens (primary N) is 1. The highest BCUT2D eigenvalue weighted by Crippen LogP contribution is 2.20. The predicted molar refractivity (Wildman–Crippen MR) is 98.4 cm³/mol. The maximum atomic E-state index is 12.4. The number of nitrogens with one attached hydrogen (secondary N) is 1. The van der Waals surface area contributed by atoms with E-state index in [0.717, 1.165) is 6.42 Å². The van der Waals surface area contributed by atoms with Gasteiger partial charge >= 0.3 is 5.97 Å². The standard InChI is InChI=1S/C17H31N3O4.ClH/c1-5-11(4)13(18)16(22)20-8-6-12(7-9-20)15(21)19-14(10(2)3)17(23)24;/h10-14H,5-9,18H2,1-4H3,(H,19,21)(H,23,24);1H/t11?,13-,14-;/m0./s1. The van der Waals surface area contributed by atoms with Crippen LogP contribution in [0.2, 0.25) is 0 Å². The van der Waals surface area contributed by atoms with Gasteiger partial charge in [-0.05, 0) is 24.7 Å². The summed E-state index contributed by atoms with van der Waals surface area (Å²) in [7, 11) is 0. The number of halogens is 1. The fourth-order valence-electron chi connectivity index (χ4n) is 2.85. The molecule has 25 heavy (non-hydrogen) atoms. The third-order valence-corrected chi connectivity index (χ3v) is 4.95. The lowest BCUT2D eigenvalue weighted by atomic mass is 9.93. The zero-order valence-corrected chi connectivity index (χ0v) is 16.3. The molecule has 1 fully saturated rings. The molecule has 3 atom stereocenters. The van der Waals surface area contributed by atoms with Crippen LogP contribution in [0.5, 0.6) is 0 Å². The number of aliphatic carboxylic acids is 1. The lowest BCUT2D eigenvalue weighted by molar-refractivity contribution is -0.144. The van der Waals surface area contributed by atoms with Crippen molar-refractivity contribution >= 4 is 30.2 Å². The van der Waals surface area contributed by atoms with Crippen LogP contribution in [0.25, 0.3) is 0 Å². The van der Waals surface area contributed by atoms with E-state index >= 15 is 0 Å². The highest BCUT2D eigenvalue weighted by Gasteiger charge is 2.33. The SMILES string of the molecule is CCC(C)[C@H](N)C(=O)N1CCC(C(=O)N[C@H](C(=O)O)C(C)C)CC1.Cl. The molecule has 1 aliphatic heterocycles. The second kappa shape index (κ2) is 10.6. The number of carbonyl (C=O) groups excluding carboxylic acids is 2. The first-order chi connectivity index (χ1) is 11.2. The van der Waals surface area contributed by atoms with E-state index in [0.29, 0.717) is 25.9 Å². The monoisotopic (exact) mass is 377 g/mol. The number of likely N-dealkylation sites (tertiary alicyclic amines) is 1. The van der Waals surface area contributed by atoms with E-state index in [2.05, 4.69) is 5.32 Å². The molecule has 0 aromatic heterocycles. The molecule has 1 saturated heterocycles. The molecular formula is C17H32ClN3O4. The van der Waals surface area contributed by atoms with Gasteiger partial charge in [-0.15, -0.1) is 12.4 Å². The summed E-state index contributed by atoms with van der Waals surface area (Å²) in [5.74, 6) is -1.63. The van der Waals surface area contributed by atoms with E-state index in [9.17, 15) is 14.4 Å². The summed E-state index contributed by atoms with van der Waals surface area (Å²) in [4.78, 5) is 37.5. The smallest absolute Gasteiger partial charge is 0.326 e. The van der Waals surface area contributed by atoms with Gasteiger partial charge in [-0.3, -0.25) is 9.59 Å². The maximum Gasteiger partial charge on any atom is 0.326 e. The topological polar surface area (TPSA) is 113 Å². The number of carboxylic acids is 1. The van der Waals surface area contributed by atoms with Gasteiger partial charge in [0, 0.05) is 19.0 Å². The van der Waals surface area contributed by atoms with Gasteiger partial charge in [-0.1, -0.05) is 34.1 Å². The maximum absolute atomic E-state index is 12.4. The van der Waals surface area contributed by atoms with E-state index in [1.165, 1.54) is 0 Å². The summed E-state index contributed by atoms with van der Waals surface area (Å²) >= 11 is 0. The highest BCUT2D eigenvalue weighted by atomic mass is 35.5. The fraction of sp³-hybridized carbons (Fsp3) is 0.824. The minimum atomic E-state index is -1.02. The summed E-state index contributed by atoms with van der Waals surface area (Å²) in [5, 5.41) is 11.8. The van der Waals surface area contributed by atoms with Crippen LogP contribution < -0.4 is 11.1 Å². The lowest BCUT2D eigenvalue weighted by Gasteiger charge is -2.34. The Labute approximate surface area is 156 Å². The van der Waals surface area contributed by atoms with Gasteiger partial charge in [0.2, 0.25) is 11.8 Å². The minimum absolute atomic E-state index is 0. The number of nitrogens with zero attached hydrogens (tertiary/aromatic N) is 1. The van der Waals surface area contributed by atoms with Gasteiger partial charge in [-0.25, -0.2) is 4.79 Å². The van der Waals surface area contributed by atoms with E-state index in [-0.39, 0.29) is 42.0 Å². The van der Waals surface area contributed by atoms with Gasteiger partial charge in [0.05, 0.1) is 6.04 Å². The molecule has 146 valence electrons. The number of carbonyl (C=O) groups is 3. The third-order valence-electron chi connectivity index (χ3n) is 4.95. The molecule has 1 aliphatic rings. The zero-order chi connectivity index (χ0) is 18.4. The molecule has 0 aromatic rings. The van der Waals surface area contributed by atoms with Crippen LogP contribution in [0.15, 0.2) is 0 Å². The molecule has 0 aliphatic carbocycles. The van der Waals surface area contributed by atoms with Gasteiger partial charge < -0.3 is 21.1 Å². The van der Waals surface area contributed by atoms with Crippen molar-refractivity contribution in [2.45, 2.75) is 59.0 Å². The molecule has 4 N–H and O–H groups in total. The second-order valence-corrected chi connectivity index (χ2v) is 7.08. The molecule has 8 heteroatoms. The minimum Gasteiger partial charge on any atom is -0.480 e. The number of amides is 2. The number of hydrogen-bond acceptors (Lipinski definition) is 4. The Morgan fingerprint density at radius 2 is 1.72 bits per heavy atom. The molecule has 0 aromatic carbocycles. The first-order valence-electron chi connectivity index (χ1n) is 8.76. The molecule has 1 unspecified atom stereocenters. The van der Waals surface area contributed by atoms with Crippen LogP contribution in [0.3, 0.4) is 0 Å². The van der Waals surface area contributed by atoms with Gasteiger partial charge in [-0.2, -0.15) is 0 Å². The Morgan fingerprint density at radius 3 is 2.12 bits per heavy atom.